The van der Waals surface area contributed by atoms with Crippen LogP contribution >= 0.6 is 0 Å². The molecule has 1 aliphatic heterocycles. The number of ether oxygens (including phenoxy) is 1. The number of hydrogen-bond donors (Lipinski definition) is 3. The lowest BCUT2D eigenvalue weighted by Gasteiger charge is -2.17. The number of rotatable bonds is 4. The van der Waals surface area contributed by atoms with Crippen molar-refractivity contribution in [3.8, 4) is 5.75 Å². The molecule has 0 amide bonds. The summed E-state index contributed by atoms with van der Waals surface area (Å²) in [5.41, 5.74) is 7.32. The van der Waals surface area contributed by atoms with Crippen molar-refractivity contribution in [2.45, 2.75) is 18.9 Å². The predicted molar refractivity (Wildman–Crippen MR) is 68.0 cm³/mol. The predicted octanol–water partition coefficient (Wildman–Crippen LogP) is 1.31. The van der Waals surface area contributed by atoms with Crippen LogP contribution in [0.4, 0.5) is 5.69 Å². The van der Waals surface area contributed by atoms with Crippen molar-refractivity contribution in [2.75, 3.05) is 25.9 Å². The highest BCUT2D eigenvalue weighted by Crippen LogP contribution is 2.30. The number of methoxy groups -OCH3 is 1. The molecular formula is C13H20N2O2. The molecule has 0 bridgehead atoms. The molecule has 4 heteroatoms. The summed E-state index contributed by atoms with van der Waals surface area (Å²) < 4.78 is 5.09. The van der Waals surface area contributed by atoms with Crippen LogP contribution in [0.2, 0.25) is 0 Å². The van der Waals surface area contributed by atoms with Gasteiger partial charge in [0, 0.05) is 17.3 Å². The molecule has 4 nitrogen and oxygen atoms in total. The van der Waals surface area contributed by atoms with E-state index in [1.807, 2.05) is 12.1 Å². The Morgan fingerprint density at radius 2 is 2.41 bits per heavy atom. The second-order valence-corrected chi connectivity index (χ2v) is 4.61. The van der Waals surface area contributed by atoms with Crippen molar-refractivity contribution in [1.82, 2.24) is 5.32 Å². The first-order valence-electron chi connectivity index (χ1n) is 6.03. The van der Waals surface area contributed by atoms with Crippen molar-refractivity contribution in [3.05, 3.63) is 23.8 Å². The normalized spacial score (nSPS) is 21.4. The van der Waals surface area contributed by atoms with E-state index in [1.165, 1.54) is 0 Å². The molecule has 2 unspecified atom stereocenters. The van der Waals surface area contributed by atoms with Crippen LogP contribution in [0.5, 0.6) is 5.75 Å². The van der Waals surface area contributed by atoms with Crippen LogP contribution in [0, 0.1) is 5.92 Å². The molecule has 1 aliphatic rings. The lowest BCUT2D eigenvalue weighted by molar-refractivity contribution is 0.148. The molecule has 4 N–H and O–H groups in total. The summed E-state index contributed by atoms with van der Waals surface area (Å²) in [7, 11) is 1.61. The van der Waals surface area contributed by atoms with Crippen LogP contribution in [0.1, 0.15) is 24.5 Å². The highest BCUT2D eigenvalue weighted by atomic mass is 16.5. The molecule has 0 spiro atoms. The molecule has 2 atom stereocenters. The number of nitrogens with one attached hydrogen (secondary N) is 1. The highest BCUT2D eigenvalue weighted by Gasteiger charge is 2.20. The Morgan fingerprint density at radius 1 is 1.59 bits per heavy atom. The Kier molecular flexibility index (Phi) is 3.86. The Hall–Kier alpha value is -1.26. The number of anilines is 1. The van der Waals surface area contributed by atoms with E-state index in [1.54, 1.807) is 13.2 Å². The van der Waals surface area contributed by atoms with E-state index in [0.717, 1.165) is 37.2 Å². The second-order valence-electron chi connectivity index (χ2n) is 4.61. The molecule has 0 aliphatic carbocycles. The largest absolute Gasteiger partial charge is 0.497 e. The van der Waals surface area contributed by atoms with Gasteiger partial charge in [0.25, 0.3) is 0 Å². The van der Waals surface area contributed by atoms with Crippen LogP contribution in [0.3, 0.4) is 0 Å². The lowest BCUT2D eigenvalue weighted by Crippen LogP contribution is -2.12. The quantitative estimate of drug-likeness (QED) is 0.690. The van der Waals surface area contributed by atoms with Gasteiger partial charge in [-0.15, -0.1) is 0 Å². The van der Waals surface area contributed by atoms with Gasteiger partial charge in [0.05, 0.1) is 13.2 Å². The number of nitrogen functional groups attached to an aromatic ring is 1. The van der Waals surface area contributed by atoms with E-state index in [2.05, 4.69) is 5.32 Å². The molecule has 1 fully saturated rings. The third-order valence-corrected chi connectivity index (χ3v) is 3.37. The van der Waals surface area contributed by atoms with E-state index in [9.17, 15) is 5.11 Å². The van der Waals surface area contributed by atoms with Gasteiger partial charge in [-0.25, -0.2) is 0 Å². The maximum absolute atomic E-state index is 10.2. The topological polar surface area (TPSA) is 67.5 Å². The molecule has 0 aromatic heterocycles. The lowest BCUT2D eigenvalue weighted by atomic mass is 9.95. The summed E-state index contributed by atoms with van der Waals surface area (Å²) in [5, 5.41) is 13.5. The summed E-state index contributed by atoms with van der Waals surface area (Å²) in [5.74, 6) is 1.27. The van der Waals surface area contributed by atoms with Crippen molar-refractivity contribution in [3.63, 3.8) is 0 Å². The molecule has 2 rings (SSSR count). The minimum atomic E-state index is -0.481. The zero-order chi connectivity index (χ0) is 12.3. The zero-order valence-electron chi connectivity index (χ0n) is 10.1. The first kappa shape index (κ1) is 12.2. The second kappa shape index (κ2) is 5.38. The van der Waals surface area contributed by atoms with Gasteiger partial charge in [0.1, 0.15) is 5.75 Å². The summed E-state index contributed by atoms with van der Waals surface area (Å²) >= 11 is 0. The first-order valence-corrected chi connectivity index (χ1v) is 6.03. The SMILES string of the molecule is COc1ccc(C(O)CC2CCNC2)c(N)c1. The first-order chi connectivity index (χ1) is 8.20. The van der Waals surface area contributed by atoms with E-state index in [4.69, 9.17) is 10.5 Å². The molecule has 1 aromatic carbocycles. The average Bonchev–Trinajstić information content (AvgIpc) is 2.81. The van der Waals surface area contributed by atoms with Crippen LogP contribution in [-0.4, -0.2) is 25.3 Å². The zero-order valence-corrected chi connectivity index (χ0v) is 10.1. The molecule has 1 aromatic rings. The number of aliphatic hydroxyl groups excluding tert-OH is 1. The van der Waals surface area contributed by atoms with Gasteiger partial charge in [0.2, 0.25) is 0 Å². The monoisotopic (exact) mass is 236 g/mol. The molecule has 17 heavy (non-hydrogen) atoms. The average molecular weight is 236 g/mol. The number of benzene rings is 1. The Bertz CT molecular complexity index is 376. The highest BCUT2D eigenvalue weighted by molar-refractivity contribution is 5.52. The Morgan fingerprint density at radius 3 is 3.00 bits per heavy atom. The molecule has 1 saturated heterocycles. The van der Waals surface area contributed by atoms with E-state index in [-0.39, 0.29) is 0 Å². The number of hydrogen-bond acceptors (Lipinski definition) is 4. The molecule has 0 saturated carbocycles. The Labute approximate surface area is 102 Å². The van der Waals surface area contributed by atoms with Crippen LogP contribution < -0.4 is 15.8 Å². The summed E-state index contributed by atoms with van der Waals surface area (Å²) in [6, 6.07) is 5.44. The fourth-order valence-corrected chi connectivity index (χ4v) is 2.34. The maximum atomic E-state index is 10.2. The van der Waals surface area contributed by atoms with Gasteiger partial charge in [-0.3, -0.25) is 0 Å². The fraction of sp³-hybridized carbons (Fsp3) is 0.538. The molecule has 94 valence electrons. The smallest absolute Gasteiger partial charge is 0.120 e. The minimum absolute atomic E-state index is 0.481. The van der Waals surface area contributed by atoms with Crippen LogP contribution in [0.25, 0.3) is 0 Å². The van der Waals surface area contributed by atoms with Gasteiger partial charge in [-0.2, -0.15) is 0 Å². The Balaban J connectivity index is 2.04. The number of aliphatic hydroxyl groups is 1. The van der Waals surface area contributed by atoms with Crippen molar-refractivity contribution >= 4 is 5.69 Å². The molecule has 1 heterocycles. The standard InChI is InChI=1S/C13H20N2O2/c1-17-10-2-3-11(12(14)7-10)13(16)6-9-4-5-15-8-9/h2-3,7,9,13,15-16H,4-6,8,14H2,1H3. The summed E-state index contributed by atoms with van der Waals surface area (Å²) in [6.45, 7) is 2.04. The van der Waals surface area contributed by atoms with Gasteiger partial charge in [-0.1, -0.05) is 6.07 Å². The van der Waals surface area contributed by atoms with E-state index in [0.29, 0.717) is 11.6 Å². The van der Waals surface area contributed by atoms with Crippen molar-refractivity contribution in [1.29, 1.82) is 0 Å². The van der Waals surface area contributed by atoms with E-state index >= 15 is 0 Å². The fourth-order valence-electron chi connectivity index (χ4n) is 2.34. The van der Waals surface area contributed by atoms with Gasteiger partial charge in [-0.05, 0) is 37.9 Å². The van der Waals surface area contributed by atoms with Gasteiger partial charge >= 0.3 is 0 Å². The summed E-state index contributed by atoms with van der Waals surface area (Å²) in [6.07, 6.45) is 1.42. The summed E-state index contributed by atoms with van der Waals surface area (Å²) in [4.78, 5) is 0. The third-order valence-electron chi connectivity index (χ3n) is 3.37. The van der Waals surface area contributed by atoms with Gasteiger partial charge in [0.15, 0.2) is 0 Å². The molecule has 0 radical (unpaired) electrons. The van der Waals surface area contributed by atoms with E-state index < -0.39 is 6.10 Å². The van der Waals surface area contributed by atoms with Crippen LogP contribution in [-0.2, 0) is 0 Å². The van der Waals surface area contributed by atoms with Crippen molar-refractivity contribution in [2.24, 2.45) is 5.92 Å². The van der Waals surface area contributed by atoms with Crippen LogP contribution in [0.15, 0.2) is 18.2 Å². The third kappa shape index (κ3) is 2.90. The minimum Gasteiger partial charge on any atom is -0.497 e. The molecular weight excluding hydrogens is 216 g/mol. The number of nitrogens with two attached hydrogens (primary N) is 1. The van der Waals surface area contributed by atoms with Crippen molar-refractivity contribution < 1.29 is 9.84 Å². The van der Waals surface area contributed by atoms with Gasteiger partial charge < -0.3 is 20.9 Å². The maximum Gasteiger partial charge on any atom is 0.120 e.